The largest absolute Gasteiger partial charge is 0.379 e. The summed E-state index contributed by atoms with van der Waals surface area (Å²) in [6.07, 6.45) is 5.78. The van der Waals surface area contributed by atoms with Gasteiger partial charge in [-0.2, -0.15) is 10.4 Å². The quantitative estimate of drug-likeness (QED) is 0.508. The van der Waals surface area contributed by atoms with Crippen molar-refractivity contribution in [3.63, 3.8) is 0 Å². The van der Waals surface area contributed by atoms with Gasteiger partial charge in [0.25, 0.3) is 5.56 Å². The van der Waals surface area contributed by atoms with Gasteiger partial charge in [0, 0.05) is 18.5 Å². The van der Waals surface area contributed by atoms with Crippen LogP contribution in [0.1, 0.15) is 52.4 Å². The summed E-state index contributed by atoms with van der Waals surface area (Å²) < 4.78 is 34.1. The van der Waals surface area contributed by atoms with Gasteiger partial charge in [-0.3, -0.25) is 9.48 Å². The minimum absolute atomic E-state index is 0.208. The highest BCUT2D eigenvalue weighted by Gasteiger charge is 2.43. The molecule has 1 aliphatic heterocycles. The molecule has 9 nitrogen and oxygen atoms in total. The Morgan fingerprint density at radius 1 is 1.22 bits per heavy atom. The maximum atomic E-state index is 13.3. The predicted octanol–water partition coefficient (Wildman–Crippen LogP) is 4.24. The smallest absolute Gasteiger partial charge is 0.261 e. The van der Waals surface area contributed by atoms with E-state index in [9.17, 15) is 18.5 Å². The van der Waals surface area contributed by atoms with E-state index in [0.717, 1.165) is 19.3 Å². The molecule has 0 radical (unpaired) electrons. The lowest BCUT2D eigenvalue weighted by atomic mass is 9.89. The molecule has 3 aromatic rings. The first-order valence-electron chi connectivity index (χ1n) is 12.3. The Balaban J connectivity index is 1.50. The number of nitrogens with one attached hydrogen (secondary N) is 2. The van der Waals surface area contributed by atoms with Crippen molar-refractivity contribution in [2.45, 2.75) is 68.1 Å². The topological polar surface area (TPSA) is 130 Å². The summed E-state index contributed by atoms with van der Waals surface area (Å²) >= 11 is 0. The first kappa shape index (κ1) is 24.5. The molecule has 1 saturated carbocycles. The number of ether oxygens (including phenoxy) is 1. The lowest BCUT2D eigenvalue weighted by Crippen LogP contribution is -2.42. The zero-order chi connectivity index (χ0) is 25.6. The van der Waals surface area contributed by atoms with Crippen LogP contribution in [0.4, 0.5) is 11.5 Å². The van der Waals surface area contributed by atoms with Crippen LogP contribution in [0.5, 0.6) is 0 Å². The van der Waals surface area contributed by atoms with Crippen molar-refractivity contribution in [1.29, 1.82) is 5.26 Å². The van der Waals surface area contributed by atoms with Crippen molar-refractivity contribution in [3.05, 3.63) is 46.9 Å². The fourth-order valence-corrected chi connectivity index (χ4v) is 8.07. The average molecular weight is 510 g/mol. The van der Waals surface area contributed by atoms with Crippen molar-refractivity contribution in [3.8, 4) is 6.07 Å². The predicted molar refractivity (Wildman–Crippen MR) is 137 cm³/mol. The molecule has 2 atom stereocenters. The number of hydrogen-bond acceptors (Lipinski definition) is 7. The van der Waals surface area contributed by atoms with E-state index in [2.05, 4.69) is 16.4 Å². The van der Waals surface area contributed by atoms with Crippen LogP contribution in [0.2, 0.25) is 0 Å². The second kappa shape index (κ2) is 9.05. The normalized spacial score (nSPS) is 24.0. The summed E-state index contributed by atoms with van der Waals surface area (Å²) in [4.78, 5) is 15.8. The van der Waals surface area contributed by atoms with Gasteiger partial charge >= 0.3 is 0 Å². The first-order chi connectivity index (χ1) is 17.2. The molecule has 0 bridgehead atoms. The summed E-state index contributed by atoms with van der Waals surface area (Å²) in [5, 5.41) is 17.5. The molecular weight excluding hydrogens is 478 g/mol. The van der Waals surface area contributed by atoms with Gasteiger partial charge in [-0.05, 0) is 61.4 Å². The van der Waals surface area contributed by atoms with E-state index in [-0.39, 0.29) is 17.4 Å². The molecule has 2 unspecified atom stereocenters. The summed E-state index contributed by atoms with van der Waals surface area (Å²) in [6, 6.07) is 10.7. The third-order valence-corrected chi connectivity index (χ3v) is 10.3. The van der Waals surface area contributed by atoms with Crippen molar-refractivity contribution < 1.29 is 13.2 Å². The molecule has 2 aliphatic rings. The Kier molecular flexibility index (Phi) is 6.17. The molecule has 0 spiro atoms. The molecule has 1 saturated heterocycles. The maximum absolute atomic E-state index is 13.3. The van der Waals surface area contributed by atoms with Gasteiger partial charge < -0.3 is 15.0 Å². The second-order valence-electron chi connectivity index (χ2n) is 10.6. The molecule has 190 valence electrons. The lowest BCUT2D eigenvalue weighted by molar-refractivity contribution is -0.00174. The number of aromatic nitrogens is 3. The minimum Gasteiger partial charge on any atom is -0.379 e. The number of anilines is 2. The fraction of sp³-hybridized carbons (Fsp3) is 0.500. The summed E-state index contributed by atoms with van der Waals surface area (Å²) in [5.74, 6) is 0.349. The Bertz CT molecular complexity index is 1480. The molecular formula is C26H31N5O4S. The van der Waals surface area contributed by atoms with Crippen molar-refractivity contribution >= 4 is 32.2 Å². The van der Waals surface area contributed by atoms with Gasteiger partial charge in [0.1, 0.15) is 5.39 Å². The fourth-order valence-electron chi connectivity index (χ4n) is 5.79. The third-order valence-electron chi connectivity index (χ3n) is 7.74. The molecule has 0 amide bonds. The van der Waals surface area contributed by atoms with Gasteiger partial charge in [0.2, 0.25) is 0 Å². The van der Waals surface area contributed by atoms with Crippen LogP contribution in [0, 0.1) is 16.7 Å². The van der Waals surface area contributed by atoms with E-state index in [1.807, 2.05) is 13.8 Å². The highest BCUT2D eigenvalue weighted by atomic mass is 32.2. The molecule has 2 fully saturated rings. The molecule has 3 heterocycles. The number of fused-ring (bicyclic) bond motifs is 1. The molecule has 1 aliphatic carbocycles. The number of nitriles is 1. The number of sulfone groups is 1. The van der Waals surface area contributed by atoms with Crippen LogP contribution in [0.25, 0.3) is 10.9 Å². The first-order valence-corrected chi connectivity index (χ1v) is 13.9. The van der Waals surface area contributed by atoms with Crippen LogP contribution in [-0.2, 0) is 20.1 Å². The standard InChI is InChI=1S/C26H31N5O4S/c1-25(2)11-3-5-21(25)36(33,34)19-8-6-18(7-9-19)29-23-22-20(10-15-28-24(22)32)31(30-23)26(13-14-27)12-4-16-35-17-26/h6-10,15,21H,3-5,11-13,16-17H2,1-2H3,(H,28,32)(H,29,30). The van der Waals surface area contributed by atoms with Gasteiger partial charge in [-0.1, -0.05) is 20.3 Å². The van der Waals surface area contributed by atoms with Crippen LogP contribution < -0.4 is 10.9 Å². The lowest BCUT2D eigenvalue weighted by Gasteiger charge is -2.35. The van der Waals surface area contributed by atoms with Crippen molar-refractivity contribution in [2.24, 2.45) is 5.41 Å². The zero-order valence-corrected chi connectivity index (χ0v) is 21.4. The van der Waals surface area contributed by atoms with Crippen LogP contribution >= 0.6 is 0 Å². The number of benzene rings is 1. The Labute approximate surface area is 210 Å². The average Bonchev–Trinajstić information content (AvgIpc) is 3.41. The Morgan fingerprint density at radius 2 is 2.00 bits per heavy atom. The van der Waals surface area contributed by atoms with Gasteiger partial charge in [-0.15, -0.1) is 0 Å². The number of H-pyrrole nitrogens is 1. The number of hydrogen-bond donors (Lipinski definition) is 2. The van der Waals surface area contributed by atoms with Crippen molar-refractivity contribution in [1.82, 2.24) is 14.8 Å². The van der Waals surface area contributed by atoms with E-state index in [1.54, 1.807) is 41.2 Å². The molecule has 1 aromatic carbocycles. The van der Waals surface area contributed by atoms with E-state index >= 15 is 0 Å². The minimum atomic E-state index is -3.45. The molecule has 10 heteroatoms. The van der Waals surface area contributed by atoms with E-state index in [0.29, 0.717) is 53.4 Å². The monoisotopic (exact) mass is 509 g/mol. The van der Waals surface area contributed by atoms with Crippen LogP contribution in [0.3, 0.4) is 0 Å². The summed E-state index contributed by atoms with van der Waals surface area (Å²) in [7, 11) is -3.45. The Hall–Kier alpha value is -3.16. The number of rotatable bonds is 6. The molecule has 2 aromatic heterocycles. The zero-order valence-electron chi connectivity index (χ0n) is 20.6. The van der Waals surface area contributed by atoms with E-state index < -0.39 is 20.6 Å². The second-order valence-corrected chi connectivity index (χ2v) is 12.7. The van der Waals surface area contributed by atoms with Crippen LogP contribution in [-0.4, -0.2) is 41.6 Å². The van der Waals surface area contributed by atoms with Crippen LogP contribution in [0.15, 0.2) is 46.2 Å². The van der Waals surface area contributed by atoms with Crippen molar-refractivity contribution in [2.75, 3.05) is 18.5 Å². The van der Waals surface area contributed by atoms with E-state index in [4.69, 9.17) is 9.84 Å². The SMILES string of the molecule is CC1(C)CCCC1S(=O)(=O)c1ccc(Nc2nn(C3(CC#N)CCCOC3)c3cc[nH]c(=O)c23)cc1. The van der Waals surface area contributed by atoms with Gasteiger partial charge in [0.05, 0.1) is 40.3 Å². The highest BCUT2D eigenvalue weighted by molar-refractivity contribution is 7.92. The highest BCUT2D eigenvalue weighted by Crippen LogP contribution is 2.44. The summed E-state index contributed by atoms with van der Waals surface area (Å²) in [5.41, 5.74) is 0.0245. The molecule has 36 heavy (non-hydrogen) atoms. The molecule has 2 N–H and O–H groups in total. The summed E-state index contributed by atoms with van der Waals surface area (Å²) in [6.45, 7) is 5.01. The maximum Gasteiger partial charge on any atom is 0.261 e. The van der Waals surface area contributed by atoms with Gasteiger partial charge in [0.15, 0.2) is 15.7 Å². The number of aromatic amines is 1. The number of pyridine rings is 1. The number of nitrogens with zero attached hydrogens (tertiary/aromatic N) is 3. The van der Waals surface area contributed by atoms with Gasteiger partial charge in [-0.25, -0.2) is 8.42 Å². The Morgan fingerprint density at radius 3 is 2.64 bits per heavy atom. The molecule has 5 rings (SSSR count). The van der Waals surface area contributed by atoms with E-state index in [1.165, 1.54) is 0 Å². The third kappa shape index (κ3) is 4.10.